The van der Waals surface area contributed by atoms with Crippen LogP contribution in [0.25, 0.3) is 11.0 Å². The van der Waals surface area contributed by atoms with Gasteiger partial charge in [-0.15, -0.1) is 0 Å². The van der Waals surface area contributed by atoms with E-state index in [0.29, 0.717) is 5.69 Å². The molecule has 0 fully saturated rings. The molecule has 0 amide bonds. The Kier molecular flexibility index (Phi) is 4.42. The molecule has 2 aromatic carbocycles. The van der Waals surface area contributed by atoms with Crippen LogP contribution in [0, 0.1) is 0 Å². The molecule has 3 aromatic rings. The van der Waals surface area contributed by atoms with Gasteiger partial charge >= 0.3 is 0 Å². The smallest absolute Gasteiger partial charge is 0.229 e. The maximum Gasteiger partial charge on any atom is 0.229 e. The molecule has 0 bridgehead atoms. The van der Waals surface area contributed by atoms with Crippen molar-refractivity contribution < 1.29 is 8.42 Å². The Hall–Kier alpha value is -2.38. The predicted molar refractivity (Wildman–Crippen MR) is 104 cm³/mol. The summed E-state index contributed by atoms with van der Waals surface area (Å²) in [6, 6.07) is 16.1. The van der Waals surface area contributed by atoms with E-state index in [0.717, 1.165) is 55.7 Å². The summed E-state index contributed by atoms with van der Waals surface area (Å²) in [5.41, 5.74) is 3.79. The van der Waals surface area contributed by atoms with Crippen molar-refractivity contribution in [2.45, 2.75) is 19.5 Å². The number of rotatable bonds is 5. The Morgan fingerprint density at radius 2 is 1.92 bits per heavy atom. The number of sulfonamides is 1. The molecule has 0 aliphatic carbocycles. The predicted octanol–water partition coefficient (Wildman–Crippen LogP) is 2.47. The van der Waals surface area contributed by atoms with E-state index in [9.17, 15) is 8.42 Å². The highest BCUT2D eigenvalue weighted by molar-refractivity contribution is 7.92. The normalized spacial score (nSPS) is 15.1. The lowest BCUT2D eigenvalue weighted by molar-refractivity contribution is 0.222. The van der Waals surface area contributed by atoms with Crippen molar-refractivity contribution in [3.8, 4) is 0 Å². The van der Waals surface area contributed by atoms with Crippen LogP contribution < -0.4 is 4.72 Å². The highest BCUT2D eigenvalue weighted by Crippen LogP contribution is 2.24. The molecular weight excluding hydrogens is 348 g/mol. The van der Waals surface area contributed by atoms with E-state index in [1.165, 1.54) is 5.56 Å². The summed E-state index contributed by atoms with van der Waals surface area (Å²) >= 11 is 0. The average molecular weight is 370 g/mol. The molecule has 0 atom stereocenters. The van der Waals surface area contributed by atoms with E-state index in [2.05, 4.69) is 38.5 Å². The molecule has 136 valence electrons. The lowest BCUT2D eigenvalue weighted by Crippen LogP contribution is -2.35. The number of hydrogen-bond acceptors (Lipinski definition) is 4. The van der Waals surface area contributed by atoms with E-state index in [1.54, 1.807) is 12.1 Å². The summed E-state index contributed by atoms with van der Waals surface area (Å²) in [5.74, 6) is 1.04. The molecule has 0 spiro atoms. The Morgan fingerprint density at radius 1 is 1.12 bits per heavy atom. The third kappa shape index (κ3) is 3.73. The number of imidazole rings is 1. The van der Waals surface area contributed by atoms with Gasteiger partial charge in [0, 0.05) is 19.6 Å². The minimum Gasteiger partial charge on any atom is -0.326 e. The summed E-state index contributed by atoms with van der Waals surface area (Å²) < 4.78 is 27.6. The molecule has 1 aromatic heterocycles. The first-order chi connectivity index (χ1) is 12.5. The van der Waals surface area contributed by atoms with Crippen LogP contribution in [0.4, 0.5) is 5.69 Å². The first-order valence-electron chi connectivity index (χ1n) is 8.71. The van der Waals surface area contributed by atoms with Crippen LogP contribution in [0.3, 0.4) is 0 Å². The number of anilines is 1. The van der Waals surface area contributed by atoms with Gasteiger partial charge in [0.25, 0.3) is 0 Å². The first-order valence-corrected chi connectivity index (χ1v) is 10.6. The largest absolute Gasteiger partial charge is 0.326 e. The summed E-state index contributed by atoms with van der Waals surface area (Å²) in [4.78, 5) is 7.16. The van der Waals surface area contributed by atoms with Crippen LogP contribution in [0.5, 0.6) is 0 Å². The zero-order chi connectivity index (χ0) is 18.1. The third-order valence-corrected chi connectivity index (χ3v) is 5.30. The lowest BCUT2D eigenvalue weighted by atomic mass is 10.1. The number of aromatic nitrogens is 2. The number of nitrogens with zero attached hydrogens (tertiary/aromatic N) is 3. The molecule has 4 rings (SSSR count). The van der Waals surface area contributed by atoms with Crippen molar-refractivity contribution in [1.29, 1.82) is 0 Å². The van der Waals surface area contributed by atoms with E-state index in [1.807, 2.05) is 12.1 Å². The minimum absolute atomic E-state index is 0.552. The summed E-state index contributed by atoms with van der Waals surface area (Å²) in [5, 5.41) is 0. The van der Waals surface area contributed by atoms with Crippen molar-refractivity contribution in [2.75, 3.05) is 24.1 Å². The van der Waals surface area contributed by atoms with Crippen molar-refractivity contribution in [3.05, 3.63) is 59.9 Å². The zero-order valence-corrected chi connectivity index (χ0v) is 15.5. The third-order valence-electron chi connectivity index (χ3n) is 4.69. The Morgan fingerprint density at radius 3 is 2.69 bits per heavy atom. The van der Waals surface area contributed by atoms with Crippen molar-refractivity contribution in [1.82, 2.24) is 14.5 Å². The maximum absolute atomic E-state index is 11.4. The Bertz CT molecular complexity index is 1030. The van der Waals surface area contributed by atoms with Gasteiger partial charge < -0.3 is 4.57 Å². The van der Waals surface area contributed by atoms with E-state index in [-0.39, 0.29) is 0 Å². The number of benzene rings is 2. The van der Waals surface area contributed by atoms with Crippen LogP contribution in [-0.2, 0) is 29.5 Å². The van der Waals surface area contributed by atoms with Gasteiger partial charge in [0.15, 0.2) is 0 Å². The van der Waals surface area contributed by atoms with Gasteiger partial charge in [-0.2, -0.15) is 0 Å². The van der Waals surface area contributed by atoms with Crippen LogP contribution in [-0.4, -0.2) is 42.2 Å². The Balaban J connectivity index is 1.51. The molecule has 2 heterocycles. The number of nitrogens with one attached hydrogen (secondary N) is 1. The van der Waals surface area contributed by atoms with Gasteiger partial charge in [0.1, 0.15) is 5.82 Å². The number of hydrogen-bond donors (Lipinski definition) is 1. The molecule has 26 heavy (non-hydrogen) atoms. The fourth-order valence-electron chi connectivity index (χ4n) is 3.47. The lowest BCUT2D eigenvalue weighted by Gasteiger charge is -2.27. The van der Waals surface area contributed by atoms with E-state index in [4.69, 9.17) is 4.98 Å². The van der Waals surface area contributed by atoms with Gasteiger partial charge in [-0.3, -0.25) is 9.62 Å². The van der Waals surface area contributed by atoms with Gasteiger partial charge in [0.05, 0.1) is 29.5 Å². The van der Waals surface area contributed by atoms with E-state index >= 15 is 0 Å². The summed E-state index contributed by atoms with van der Waals surface area (Å²) in [7, 11) is -3.28. The zero-order valence-electron chi connectivity index (χ0n) is 14.7. The van der Waals surface area contributed by atoms with Gasteiger partial charge in [-0.05, 0) is 30.2 Å². The fraction of sp³-hybridized carbons (Fsp3) is 0.316. The quantitative estimate of drug-likeness (QED) is 0.749. The van der Waals surface area contributed by atoms with Crippen molar-refractivity contribution in [2.24, 2.45) is 0 Å². The monoisotopic (exact) mass is 370 g/mol. The van der Waals surface area contributed by atoms with Gasteiger partial charge in [-0.1, -0.05) is 30.3 Å². The molecule has 0 unspecified atom stereocenters. The van der Waals surface area contributed by atoms with Crippen LogP contribution >= 0.6 is 0 Å². The fourth-order valence-corrected chi connectivity index (χ4v) is 4.03. The number of fused-ring (bicyclic) bond motifs is 3. The molecular formula is C19H22N4O2S. The van der Waals surface area contributed by atoms with Crippen molar-refractivity contribution in [3.63, 3.8) is 0 Å². The molecule has 6 nitrogen and oxygen atoms in total. The molecule has 1 N–H and O–H groups in total. The SMILES string of the molecule is CS(=O)(=O)Nc1ccc2c(c1)nc1n2CCN(CCc2ccccc2)C1. The first kappa shape index (κ1) is 17.1. The second-order valence-corrected chi connectivity index (χ2v) is 8.52. The summed E-state index contributed by atoms with van der Waals surface area (Å²) in [6.07, 6.45) is 2.18. The Labute approximate surface area is 153 Å². The molecule has 1 aliphatic heterocycles. The second kappa shape index (κ2) is 6.74. The van der Waals surface area contributed by atoms with Gasteiger partial charge in [-0.25, -0.2) is 13.4 Å². The molecule has 0 saturated heterocycles. The van der Waals surface area contributed by atoms with E-state index < -0.39 is 10.0 Å². The minimum atomic E-state index is -3.28. The van der Waals surface area contributed by atoms with Crippen LogP contribution in [0.1, 0.15) is 11.4 Å². The van der Waals surface area contributed by atoms with Gasteiger partial charge in [0.2, 0.25) is 10.0 Å². The molecule has 1 aliphatic rings. The summed E-state index contributed by atoms with van der Waals surface area (Å²) in [6.45, 7) is 3.72. The highest BCUT2D eigenvalue weighted by atomic mass is 32.2. The van der Waals surface area contributed by atoms with Crippen molar-refractivity contribution >= 4 is 26.7 Å². The second-order valence-electron chi connectivity index (χ2n) is 6.77. The molecule has 7 heteroatoms. The topological polar surface area (TPSA) is 67.2 Å². The van der Waals surface area contributed by atoms with Crippen LogP contribution in [0.15, 0.2) is 48.5 Å². The standard InChI is InChI=1S/C19H22N4O2S/c1-26(24,25)21-16-7-8-18-17(13-16)20-19-14-22(11-12-23(18)19)10-9-15-5-3-2-4-6-15/h2-8,13,21H,9-12,14H2,1H3. The highest BCUT2D eigenvalue weighted by Gasteiger charge is 2.20. The molecule has 0 radical (unpaired) electrons. The van der Waals surface area contributed by atoms with Crippen LogP contribution in [0.2, 0.25) is 0 Å². The molecule has 0 saturated carbocycles. The average Bonchev–Trinajstić information content (AvgIpc) is 2.96. The maximum atomic E-state index is 11.4.